The SMILES string of the molecule is CC(C)=CCO[C@H]1COCC[C@@H]1NC(=O)c1c(C)noc1C. The van der Waals surface area contributed by atoms with Gasteiger partial charge in [0.15, 0.2) is 0 Å². The number of nitrogens with one attached hydrogen (secondary N) is 1. The molecule has 0 aromatic carbocycles. The minimum Gasteiger partial charge on any atom is -0.379 e. The molecule has 0 bridgehead atoms. The van der Waals surface area contributed by atoms with Crippen LogP contribution in [0.2, 0.25) is 0 Å². The fourth-order valence-corrected chi connectivity index (χ4v) is 2.43. The number of amides is 1. The number of ether oxygens (including phenoxy) is 2. The molecule has 1 N–H and O–H groups in total. The number of rotatable bonds is 5. The largest absolute Gasteiger partial charge is 0.379 e. The summed E-state index contributed by atoms with van der Waals surface area (Å²) in [4.78, 5) is 12.4. The van der Waals surface area contributed by atoms with E-state index >= 15 is 0 Å². The van der Waals surface area contributed by atoms with Crippen molar-refractivity contribution in [2.45, 2.75) is 46.3 Å². The van der Waals surface area contributed by atoms with Gasteiger partial charge in [-0.15, -0.1) is 0 Å². The van der Waals surface area contributed by atoms with Crippen LogP contribution in [0.4, 0.5) is 0 Å². The number of hydrogen-bond acceptors (Lipinski definition) is 5. The van der Waals surface area contributed by atoms with Crippen LogP contribution in [-0.4, -0.2) is 43.0 Å². The van der Waals surface area contributed by atoms with E-state index < -0.39 is 0 Å². The van der Waals surface area contributed by atoms with Gasteiger partial charge in [-0.2, -0.15) is 0 Å². The van der Waals surface area contributed by atoms with Crippen molar-refractivity contribution >= 4 is 5.91 Å². The van der Waals surface area contributed by atoms with Crippen molar-refractivity contribution in [3.8, 4) is 0 Å². The molecular weight excluding hydrogens is 284 g/mol. The molecule has 0 aliphatic carbocycles. The van der Waals surface area contributed by atoms with Crippen LogP contribution >= 0.6 is 0 Å². The summed E-state index contributed by atoms with van der Waals surface area (Å²) in [5.74, 6) is 0.364. The van der Waals surface area contributed by atoms with Gasteiger partial charge in [0.2, 0.25) is 0 Å². The number of aryl methyl sites for hydroxylation is 2. The number of hydrogen-bond donors (Lipinski definition) is 1. The third kappa shape index (κ3) is 4.18. The summed E-state index contributed by atoms with van der Waals surface area (Å²) in [5.41, 5.74) is 2.31. The second kappa shape index (κ2) is 7.56. The summed E-state index contributed by atoms with van der Waals surface area (Å²) in [6.07, 6.45) is 2.60. The van der Waals surface area contributed by atoms with Crippen molar-refractivity contribution in [1.82, 2.24) is 10.5 Å². The molecule has 122 valence electrons. The van der Waals surface area contributed by atoms with Crippen LogP contribution in [0.5, 0.6) is 0 Å². The highest BCUT2D eigenvalue weighted by molar-refractivity contribution is 5.96. The molecule has 1 aliphatic heterocycles. The lowest BCUT2D eigenvalue weighted by atomic mass is 10.0. The lowest BCUT2D eigenvalue weighted by Gasteiger charge is -2.31. The van der Waals surface area contributed by atoms with E-state index in [0.717, 1.165) is 6.42 Å². The summed E-state index contributed by atoms with van der Waals surface area (Å²) in [7, 11) is 0. The Kier molecular flexibility index (Phi) is 5.74. The summed E-state index contributed by atoms with van der Waals surface area (Å²) in [5, 5.41) is 6.85. The van der Waals surface area contributed by atoms with Crippen molar-refractivity contribution < 1.29 is 18.8 Å². The van der Waals surface area contributed by atoms with Crippen molar-refractivity contribution in [3.63, 3.8) is 0 Å². The first kappa shape index (κ1) is 16.7. The molecule has 0 radical (unpaired) electrons. The Bertz CT molecular complexity index is 527. The van der Waals surface area contributed by atoms with Crippen LogP contribution in [-0.2, 0) is 9.47 Å². The van der Waals surface area contributed by atoms with Gasteiger partial charge in [-0.25, -0.2) is 0 Å². The maximum Gasteiger partial charge on any atom is 0.257 e. The van der Waals surface area contributed by atoms with Gasteiger partial charge in [0.25, 0.3) is 5.91 Å². The maximum atomic E-state index is 12.4. The molecule has 6 nitrogen and oxygen atoms in total. The van der Waals surface area contributed by atoms with Crippen LogP contribution in [0.25, 0.3) is 0 Å². The Morgan fingerprint density at radius 2 is 2.23 bits per heavy atom. The van der Waals surface area contributed by atoms with Crippen LogP contribution < -0.4 is 5.32 Å². The highest BCUT2D eigenvalue weighted by atomic mass is 16.5. The molecule has 1 amide bonds. The Morgan fingerprint density at radius 3 is 2.86 bits per heavy atom. The van der Waals surface area contributed by atoms with E-state index in [1.54, 1.807) is 13.8 Å². The Hall–Kier alpha value is -1.66. The summed E-state index contributed by atoms with van der Waals surface area (Å²) in [6.45, 7) is 9.18. The van der Waals surface area contributed by atoms with Crippen molar-refractivity contribution in [2.24, 2.45) is 0 Å². The van der Waals surface area contributed by atoms with Crippen molar-refractivity contribution in [2.75, 3.05) is 19.8 Å². The molecule has 6 heteroatoms. The molecule has 0 unspecified atom stereocenters. The monoisotopic (exact) mass is 308 g/mol. The van der Waals surface area contributed by atoms with E-state index in [2.05, 4.69) is 10.5 Å². The van der Waals surface area contributed by atoms with E-state index in [9.17, 15) is 4.79 Å². The molecule has 1 aromatic heterocycles. The van der Waals surface area contributed by atoms with Gasteiger partial charge in [-0.1, -0.05) is 16.8 Å². The zero-order valence-electron chi connectivity index (χ0n) is 13.6. The molecular formula is C16H24N2O4. The van der Waals surface area contributed by atoms with E-state index in [4.69, 9.17) is 14.0 Å². The first-order valence-electron chi connectivity index (χ1n) is 7.55. The molecule has 1 aromatic rings. The number of allylic oxidation sites excluding steroid dienone is 1. The van der Waals surface area contributed by atoms with Gasteiger partial charge in [0, 0.05) is 6.61 Å². The second-order valence-corrected chi connectivity index (χ2v) is 5.80. The average Bonchev–Trinajstić information content (AvgIpc) is 2.79. The maximum absolute atomic E-state index is 12.4. The minimum atomic E-state index is -0.168. The standard InChI is InChI=1S/C16H24N2O4/c1-10(2)5-8-21-14-9-20-7-6-13(14)17-16(19)15-11(3)18-22-12(15)4/h5,13-14H,6-9H2,1-4H3,(H,17,19)/t13-,14-/m0/s1. The normalized spacial score (nSPS) is 21.5. The smallest absolute Gasteiger partial charge is 0.257 e. The van der Waals surface area contributed by atoms with Gasteiger partial charge in [-0.05, 0) is 34.1 Å². The zero-order valence-corrected chi connectivity index (χ0v) is 13.6. The molecule has 1 fully saturated rings. The average molecular weight is 308 g/mol. The molecule has 0 saturated carbocycles. The van der Waals surface area contributed by atoms with E-state index in [0.29, 0.717) is 36.8 Å². The first-order valence-corrected chi connectivity index (χ1v) is 7.55. The zero-order chi connectivity index (χ0) is 16.1. The second-order valence-electron chi connectivity index (χ2n) is 5.80. The van der Waals surface area contributed by atoms with E-state index in [1.807, 2.05) is 19.9 Å². The number of carbonyl (C=O) groups excluding carboxylic acids is 1. The van der Waals surface area contributed by atoms with Crippen molar-refractivity contribution in [3.05, 3.63) is 28.7 Å². The van der Waals surface area contributed by atoms with Gasteiger partial charge in [0.05, 0.1) is 24.9 Å². The van der Waals surface area contributed by atoms with E-state index in [-0.39, 0.29) is 18.1 Å². The topological polar surface area (TPSA) is 73.6 Å². The van der Waals surface area contributed by atoms with Crippen LogP contribution in [0.15, 0.2) is 16.2 Å². The van der Waals surface area contributed by atoms with Crippen LogP contribution in [0.1, 0.15) is 42.1 Å². The number of nitrogens with zero attached hydrogens (tertiary/aromatic N) is 1. The number of carbonyl (C=O) groups is 1. The molecule has 2 rings (SSSR count). The van der Waals surface area contributed by atoms with Crippen molar-refractivity contribution in [1.29, 1.82) is 0 Å². The minimum absolute atomic E-state index is 0.0690. The highest BCUT2D eigenvalue weighted by Gasteiger charge is 2.29. The first-order chi connectivity index (χ1) is 10.5. The quantitative estimate of drug-likeness (QED) is 0.844. The highest BCUT2D eigenvalue weighted by Crippen LogP contribution is 2.16. The molecule has 22 heavy (non-hydrogen) atoms. The number of aromatic nitrogens is 1. The van der Waals surface area contributed by atoms with E-state index in [1.165, 1.54) is 5.57 Å². The summed E-state index contributed by atoms with van der Waals surface area (Å²) in [6, 6.07) is -0.0690. The third-order valence-electron chi connectivity index (χ3n) is 3.68. The fraction of sp³-hybridized carbons (Fsp3) is 0.625. The molecule has 2 heterocycles. The van der Waals surface area contributed by atoms with Crippen LogP contribution in [0.3, 0.4) is 0 Å². The molecule has 1 aliphatic rings. The van der Waals surface area contributed by atoms with Crippen LogP contribution in [0, 0.1) is 13.8 Å². The molecule has 1 saturated heterocycles. The third-order valence-corrected chi connectivity index (χ3v) is 3.68. The lowest BCUT2D eigenvalue weighted by Crippen LogP contribution is -2.50. The Balaban J connectivity index is 1.99. The Labute approximate surface area is 130 Å². The van der Waals surface area contributed by atoms with Gasteiger partial charge < -0.3 is 19.3 Å². The lowest BCUT2D eigenvalue weighted by molar-refractivity contribution is -0.0589. The Morgan fingerprint density at radius 1 is 1.45 bits per heavy atom. The molecule has 0 spiro atoms. The van der Waals surface area contributed by atoms with Gasteiger partial charge in [-0.3, -0.25) is 4.79 Å². The fourth-order valence-electron chi connectivity index (χ4n) is 2.43. The van der Waals surface area contributed by atoms with Gasteiger partial charge >= 0.3 is 0 Å². The molecule has 2 atom stereocenters. The van der Waals surface area contributed by atoms with Gasteiger partial charge in [0.1, 0.15) is 17.4 Å². The predicted molar refractivity (Wildman–Crippen MR) is 81.8 cm³/mol. The summed E-state index contributed by atoms with van der Waals surface area (Å²) >= 11 is 0. The predicted octanol–water partition coefficient (Wildman–Crippen LogP) is 2.16. The summed E-state index contributed by atoms with van der Waals surface area (Å²) < 4.78 is 16.3.